The summed E-state index contributed by atoms with van der Waals surface area (Å²) >= 11 is 0. The molecule has 1 aliphatic carbocycles. The maximum absolute atomic E-state index is 9.72. The van der Waals surface area contributed by atoms with Gasteiger partial charge in [0, 0.05) is 20.1 Å². The van der Waals surface area contributed by atoms with Gasteiger partial charge in [-0.05, 0) is 26.7 Å². The van der Waals surface area contributed by atoms with Crippen LogP contribution in [0.4, 0.5) is 17.8 Å². The monoisotopic (exact) mass is 294 g/mol. The average molecular weight is 294 g/mol. The predicted molar refractivity (Wildman–Crippen MR) is 84.8 cm³/mol. The molecule has 1 saturated carbocycles. The molecule has 1 aromatic rings. The van der Waals surface area contributed by atoms with Gasteiger partial charge < -0.3 is 20.6 Å². The predicted octanol–water partition coefficient (Wildman–Crippen LogP) is 1.48. The van der Waals surface area contributed by atoms with Crippen molar-refractivity contribution in [2.45, 2.75) is 45.1 Å². The average Bonchev–Trinajstić information content (AvgIpc) is 2.97. The van der Waals surface area contributed by atoms with Crippen molar-refractivity contribution in [3.63, 3.8) is 0 Å². The fraction of sp³-hybridized carbons (Fsp3) is 0.786. The summed E-state index contributed by atoms with van der Waals surface area (Å²) in [5, 5.41) is 16.0. The summed E-state index contributed by atoms with van der Waals surface area (Å²) in [7, 11) is 1.79. The van der Waals surface area contributed by atoms with Crippen molar-refractivity contribution in [2.75, 3.05) is 42.3 Å². The summed E-state index contributed by atoms with van der Waals surface area (Å²) < 4.78 is 0. The second-order valence-corrected chi connectivity index (χ2v) is 5.48. The molecular weight excluding hydrogens is 268 g/mol. The molecule has 0 bridgehead atoms. The van der Waals surface area contributed by atoms with Gasteiger partial charge in [0.15, 0.2) is 0 Å². The van der Waals surface area contributed by atoms with Crippen LogP contribution >= 0.6 is 0 Å². The number of nitrogens with one attached hydrogen (secondary N) is 2. The molecular formula is C14H26N6O. The van der Waals surface area contributed by atoms with E-state index in [1.54, 1.807) is 7.05 Å². The van der Waals surface area contributed by atoms with Crippen LogP contribution in [-0.2, 0) is 0 Å². The Hall–Kier alpha value is -1.63. The third-order valence-corrected chi connectivity index (χ3v) is 4.13. The number of aliphatic hydroxyl groups excluding tert-OH is 1. The smallest absolute Gasteiger partial charge is 0.231 e. The zero-order valence-corrected chi connectivity index (χ0v) is 13.2. The van der Waals surface area contributed by atoms with Gasteiger partial charge in [0.1, 0.15) is 0 Å². The molecule has 3 N–H and O–H groups in total. The van der Waals surface area contributed by atoms with Crippen LogP contribution in [0.25, 0.3) is 0 Å². The molecule has 2 rings (SSSR count). The van der Waals surface area contributed by atoms with Gasteiger partial charge in [-0.25, -0.2) is 0 Å². The number of aromatic nitrogens is 3. The minimum absolute atomic E-state index is 0.105. The van der Waals surface area contributed by atoms with Gasteiger partial charge in [0.05, 0.1) is 12.1 Å². The number of nitrogens with zero attached hydrogens (tertiary/aromatic N) is 4. The minimum Gasteiger partial charge on any atom is -0.394 e. The summed E-state index contributed by atoms with van der Waals surface area (Å²) in [5.41, 5.74) is -0.285. The number of anilines is 3. The molecule has 0 unspecified atom stereocenters. The molecule has 0 amide bonds. The number of hydrogen-bond acceptors (Lipinski definition) is 7. The zero-order chi connectivity index (χ0) is 15.3. The number of hydrogen-bond donors (Lipinski definition) is 3. The minimum atomic E-state index is -0.285. The third kappa shape index (κ3) is 3.53. The van der Waals surface area contributed by atoms with E-state index in [4.69, 9.17) is 0 Å². The first-order chi connectivity index (χ1) is 10.2. The van der Waals surface area contributed by atoms with Crippen molar-refractivity contribution in [1.82, 2.24) is 15.0 Å². The van der Waals surface area contributed by atoms with E-state index in [1.165, 1.54) is 0 Å². The molecule has 118 valence electrons. The lowest BCUT2D eigenvalue weighted by Gasteiger charge is -2.28. The van der Waals surface area contributed by atoms with E-state index < -0.39 is 0 Å². The first kappa shape index (κ1) is 15.8. The highest BCUT2D eigenvalue weighted by molar-refractivity contribution is 5.44. The molecule has 0 aliphatic heterocycles. The van der Waals surface area contributed by atoms with E-state index in [9.17, 15) is 5.11 Å². The summed E-state index contributed by atoms with van der Waals surface area (Å²) in [4.78, 5) is 15.4. The normalized spacial score (nSPS) is 16.8. The summed E-state index contributed by atoms with van der Waals surface area (Å²) in [6, 6.07) is 0. The molecule has 0 atom stereocenters. The van der Waals surface area contributed by atoms with Crippen LogP contribution in [-0.4, -0.2) is 52.3 Å². The molecule has 1 aromatic heterocycles. The Balaban J connectivity index is 2.27. The highest BCUT2D eigenvalue weighted by Gasteiger charge is 2.34. The van der Waals surface area contributed by atoms with Crippen LogP contribution < -0.4 is 15.5 Å². The van der Waals surface area contributed by atoms with Crippen LogP contribution in [0.2, 0.25) is 0 Å². The van der Waals surface area contributed by atoms with Crippen molar-refractivity contribution in [3.05, 3.63) is 0 Å². The topological polar surface area (TPSA) is 86.2 Å². The zero-order valence-electron chi connectivity index (χ0n) is 13.2. The van der Waals surface area contributed by atoms with E-state index in [-0.39, 0.29) is 12.1 Å². The molecule has 7 nitrogen and oxygen atoms in total. The Morgan fingerprint density at radius 1 is 1.10 bits per heavy atom. The standard InChI is InChI=1S/C14H26N6O/c1-4-20(5-2)13-17-11(15-3)16-12(18-13)19-14(10-21)8-6-7-9-14/h21H,4-10H2,1-3H3,(H2,15,16,17,18,19). The Morgan fingerprint density at radius 2 is 1.71 bits per heavy atom. The van der Waals surface area contributed by atoms with Gasteiger partial charge in [0.2, 0.25) is 17.8 Å². The lowest BCUT2D eigenvalue weighted by Crippen LogP contribution is -2.40. The largest absolute Gasteiger partial charge is 0.394 e. The van der Waals surface area contributed by atoms with Crippen molar-refractivity contribution >= 4 is 17.8 Å². The van der Waals surface area contributed by atoms with Gasteiger partial charge in [-0.1, -0.05) is 12.8 Å². The van der Waals surface area contributed by atoms with E-state index >= 15 is 0 Å². The maximum atomic E-state index is 9.72. The van der Waals surface area contributed by atoms with Crippen LogP contribution in [0.3, 0.4) is 0 Å². The fourth-order valence-electron chi connectivity index (χ4n) is 2.79. The number of rotatable bonds is 7. The van der Waals surface area contributed by atoms with Gasteiger partial charge in [-0.3, -0.25) is 0 Å². The molecule has 1 aliphatic rings. The molecule has 0 radical (unpaired) electrons. The van der Waals surface area contributed by atoms with Gasteiger partial charge in [0.25, 0.3) is 0 Å². The second-order valence-electron chi connectivity index (χ2n) is 5.48. The highest BCUT2D eigenvalue weighted by atomic mass is 16.3. The summed E-state index contributed by atoms with van der Waals surface area (Å²) in [6.45, 7) is 5.94. The first-order valence-electron chi connectivity index (χ1n) is 7.74. The Labute approximate surface area is 126 Å². The van der Waals surface area contributed by atoms with E-state index in [2.05, 4.69) is 44.3 Å². The number of aliphatic hydroxyl groups is 1. The molecule has 0 aromatic carbocycles. The van der Waals surface area contributed by atoms with E-state index in [0.717, 1.165) is 38.8 Å². The molecule has 21 heavy (non-hydrogen) atoms. The molecule has 1 fully saturated rings. The highest BCUT2D eigenvalue weighted by Crippen LogP contribution is 2.32. The van der Waals surface area contributed by atoms with E-state index in [1.807, 2.05) is 0 Å². The third-order valence-electron chi connectivity index (χ3n) is 4.13. The Morgan fingerprint density at radius 3 is 2.24 bits per heavy atom. The fourth-order valence-corrected chi connectivity index (χ4v) is 2.79. The molecule has 1 heterocycles. The second kappa shape index (κ2) is 6.89. The van der Waals surface area contributed by atoms with Crippen molar-refractivity contribution < 1.29 is 5.11 Å². The van der Waals surface area contributed by atoms with Crippen LogP contribution in [0.5, 0.6) is 0 Å². The van der Waals surface area contributed by atoms with Gasteiger partial charge >= 0.3 is 0 Å². The molecule has 7 heteroatoms. The Kier molecular flexibility index (Phi) is 5.17. The quantitative estimate of drug-likeness (QED) is 0.702. The van der Waals surface area contributed by atoms with Gasteiger partial charge in [-0.15, -0.1) is 0 Å². The summed E-state index contributed by atoms with van der Waals surface area (Å²) in [5.74, 6) is 1.74. The lowest BCUT2D eigenvalue weighted by molar-refractivity contribution is 0.213. The molecule has 0 spiro atoms. The SMILES string of the molecule is CCN(CC)c1nc(NC)nc(NC2(CO)CCCC2)n1. The lowest BCUT2D eigenvalue weighted by atomic mass is 9.99. The van der Waals surface area contributed by atoms with Crippen LogP contribution in [0, 0.1) is 0 Å². The van der Waals surface area contributed by atoms with Gasteiger partial charge in [-0.2, -0.15) is 15.0 Å². The first-order valence-corrected chi connectivity index (χ1v) is 7.74. The maximum Gasteiger partial charge on any atom is 0.231 e. The van der Waals surface area contributed by atoms with Crippen LogP contribution in [0.1, 0.15) is 39.5 Å². The van der Waals surface area contributed by atoms with Crippen LogP contribution in [0.15, 0.2) is 0 Å². The molecule has 0 saturated heterocycles. The van der Waals surface area contributed by atoms with Crippen molar-refractivity contribution in [3.8, 4) is 0 Å². The van der Waals surface area contributed by atoms with E-state index in [0.29, 0.717) is 17.8 Å². The van der Waals surface area contributed by atoms with Crippen molar-refractivity contribution in [1.29, 1.82) is 0 Å². The Bertz CT molecular complexity index is 457. The van der Waals surface area contributed by atoms with Crippen molar-refractivity contribution in [2.24, 2.45) is 0 Å². The summed E-state index contributed by atoms with van der Waals surface area (Å²) in [6.07, 6.45) is 4.15.